The van der Waals surface area contributed by atoms with Gasteiger partial charge in [-0.25, -0.2) is 4.79 Å². The van der Waals surface area contributed by atoms with E-state index in [4.69, 9.17) is 4.74 Å². The molecule has 0 radical (unpaired) electrons. The van der Waals surface area contributed by atoms with Crippen LogP contribution >= 0.6 is 0 Å². The van der Waals surface area contributed by atoms with Crippen molar-refractivity contribution < 1.29 is 9.53 Å². The highest BCUT2D eigenvalue weighted by Crippen LogP contribution is 2.22. The average Bonchev–Trinajstić information content (AvgIpc) is 3.03. The van der Waals surface area contributed by atoms with Crippen LogP contribution in [0, 0.1) is 5.92 Å². The molecular weight excluding hydrogens is 318 g/mol. The molecule has 0 spiro atoms. The molecule has 1 saturated carbocycles. The number of methoxy groups -OCH3 is 1. The minimum atomic E-state index is -0.220. The second kappa shape index (κ2) is 7.82. The molecule has 136 valence electrons. The summed E-state index contributed by atoms with van der Waals surface area (Å²) in [5, 5.41) is 14.6. The highest BCUT2D eigenvalue weighted by Gasteiger charge is 2.28. The van der Waals surface area contributed by atoms with Crippen LogP contribution in [0.3, 0.4) is 0 Å². The number of ether oxygens (including phenoxy) is 1. The van der Waals surface area contributed by atoms with E-state index in [2.05, 4.69) is 34.7 Å². The maximum absolute atomic E-state index is 12.6. The number of hydrogen-bond donors (Lipinski definition) is 2. The summed E-state index contributed by atoms with van der Waals surface area (Å²) >= 11 is 0. The summed E-state index contributed by atoms with van der Waals surface area (Å²) in [6, 6.07) is 5.41. The third-order valence-electron chi connectivity index (χ3n) is 4.89. The Labute approximate surface area is 148 Å². The van der Waals surface area contributed by atoms with E-state index in [1.807, 2.05) is 28.8 Å². The average molecular weight is 345 g/mol. The van der Waals surface area contributed by atoms with Crippen molar-refractivity contribution in [1.82, 2.24) is 25.2 Å². The number of hydrogen-bond acceptors (Lipinski definition) is 4. The van der Waals surface area contributed by atoms with Gasteiger partial charge in [-0.1, -0.05) is 32.8 Å². The monoisotopic (exact) mass is 345 g/mol. The Balaban J connectivity index is 1.72. The fourth-order valence-electron chi connectivity index (χ4n) is 3.50. The van der Waals surface area contributed by atoms with Gasteiger partial charge in [0.1, 0.15) is 0 Å². The van der Waals surface area contributed by atoms with Crippen molar-refractivity contribution in [2.75, 3.05) is 7.11 Å². The first-order valence-electron chi connectivity index (χ1n) is 8.99. The van der Waals surface area contributed by atoms with Crippen LogP contribution < -0.4 is 10.6 Å². The summed E-state index contributed by atoms with van der Waals surface area (Å²) in [7, 11) is 1.71. The number of nitrogens with zero attached hydrogens (tertiary/aromatic N) is 3. The van der Waals surface area contributed by atoms with Gasteiger partial charge in [-0.15, -0.1) is 10.2 Å². The second-order valence-electron chi connectivity index (χ2n) is 6.99. The molecule has 0 aromatic carbocycles. The van der Waals surface area contributed by atoms with E-state index in [0.29, 0.717) is 0 Å². The molecule has 1 aliphatic rings. The molecule has 2 N–H and O–H groups in total. The largest absolute Gasteiger partial charge is 0.379 e. The van der Waals surface area contributed by atoms with E-state index in [9.17, 15) is 4.79 Å². The van der Waals surface area contributed by atoms with Gasteiger partial charge in [0.25, 0.3) is 0 Å². The van der Waals surface area contributed by atoms with Gasteiger partial charge in [-0.3, -0.25) is 4.40 Å². The fraction of sp³-hybridized carbons (Fsp3) is 0.611. The Morgan fingerprint density at radius 1 is 1.28 bits per heavy atom. The topological polar surface area (TPSA) is 80.5 Å². The number of urea groups is 1. The van der Waals surface area contributed by atoms with Gasteiger partial charge in [-0.2, -0.15) is 0 Å². The Kier molecular flexibility index (Phi) is 5.53. The first kappa shape index (κ1) is 17.7. The maximum atomic E-state index is 12.6. The highest BCUT2D eigenvalue weighted by molar-refractivity contribution is 5.74. The molecule has 2 aromatic rings. The van der Waals surface area contributed by atoms with Crippen LogP contribution in [0.15, 0.2) is 24.4 Å². The van der Waals surface area contributed by atoms with Gasteiger partial charge in [0.15, 0.2) is 11.5 Å². The van der Waals surface area contributed by atoms with Crippen molar-refractivity contribution in [2.45, 2.75) is 57.7 Å². The molecular formula is C18H27N5O2. The molecule has 7 heteroatoms. The number of carbonyl (C=O) groups is 1. The molecule has 2 heterocycles. The molecule has 3 rings (SSSR count). The number of pyridine rings is 1. The minimum absolute atomic E-state index is 0.0571. The van der Waals surface area contributed by atoms with Gasteiger partial charge in [0.05, 0.1) is 18.2 Å². The lowest BCUT2D eigenvalue weighted by Crippen LogP contribution is -2.50. The molecule has 0 bridgehead atoms. The molecule has 0 aliphatic heterocycles. The highest BCUT2D eigenvalue weighted by atomic mass is 16.5. The van der Waals surface area contributed by atoms with Gasteiger partial charge in [0.2, 0.25) is 0 Å². The van der Waals surface area contributed by atoms with E-state index >= 15 is 0 Å². The number of rotatable bonds is 5. The summed E-state index contributed by atoms with van der Waals surface area (Å²) in [5.74, 6) is 0.926. The third kappa shape index (κ3) is 3.92. The van der Waals surface area contributed by atoms with Crippen LogP contribution in [0.1, 0.15) is 51.4 Å². The molecule has 0 saturated heterocycles. The van der Waals surface area contributed by atoms with Crippen molar-refractivity contribution >= 4 is 11.7 Å². The summed E-state index contributed by atoms with van der Waals surface area (Å²) < 4.78 is 7.44. The zero-order valence-corrected chi connectivity index (χ0v) is 15.1. The molecule has 0 unspecified atom stereocenters. The smallest absolute Gasteiger partial charge is 0.315 e. The van der Waals surface area contributed by atoms with E-state index in [-0.39, 0.29) is 30.1 Å². The molecule has 1 aliphatic carbocycles. The van der Waals surface area contributed by atoms with E-state index in [0.717, 1.165) is 37.2 Å². The van der Waals surface area contributed by atoms with Crippen molar-refractivity contribution in [3.63, 3.8) is 0 Å². The van der Waals surface area contributed by atoms with Crippen LogP contribution in [0.25, 0.3) is 5.65 Å². The van der Waals surface area contributed by atoms with E-state index in [1.54, 1.807) is 7.11 Å². The third-order valence-corrected chi connectivity index (χ3v) is 4.89. The number of amides is 2. The van der Waals surface area contributed by atoms with Crippen LogP contribution in [0.5, 0.6) is 0 Å². The van der Waals surface area contributed by atoms with Crippen molar-refractivity contribution in [3.8, 4) is 0 Å². The SMILES string of the molecule is CO[C@@H]1CCCC[C@@H]1NC(=O)N[C@H](c1nnc2ccccn12)C(C)C. The summed E-state index contributed by atoms with van der Waals surface area (Å²) in [4.78, 5) is 12.6. The quantitative estimate of drug-likeness (QED) is 0.873. The molecule has 2 aromatic heterocycles. The summed E-state index contributed by atoms with van der Waals surface area (Å²) in [6.07, 6.45) is 6.22. The zero-order valence-electron chi connectivity index (χ0n) is 15.1. The van der Waals surface area contributed by atoms with Crippen LogP contribution in [0.2, 0.25) is 0 Å². The van der Waals surface area contributed by atoms with Crippen molar-refractivity contribution in [3.05, 3.63) is 30.2 Å². The molecule has 25 heavy (non-hydrogen) atoms. The molecule has 1 fully saturated rings. The molecule has 7 nitrogen and oxygen atoms in total. The maximum Gasteiger partial charge on any atom is 0.315 e. The van der Waals surface area contributed by atoms with Gasteiger partial charge in [-0.05, 0) is 30.9 Å². The van der Waals surface area contributed by atoms with Crippen molar-refractivity contribution in [1.29, 1.82) is 0 Å². The van der Waals surface area contributed by atoms with E-state index in [1.165, 1.54) is 0 Å². The minimum Gasteiger partial charge on any atom is -0.379 e. The van der Waals surface area contributed by atoms with Gasteiger partial charge >= 0.3 is 6.03 Å². The van der Waals surface area contributed by atoms with Crippen LogP contribution in [-0.2, 0) is 4.74 Å². The number of nitrogens with one attached hydrogen (secondary N) is 2. The van der Waals surface area contributed by atoms with Gasteiger partial charge < -0.3 is 15.4 Å². The Bertz CT molecular complexity index is 714. The van der Waals surface area contributed by atoms with Crippen molar-refractivity contribution in [2.24, 2.45) is 5.92 Å². The Morgan fingerprint density at radius 3 is 2.84 bits per heavy atom. The lowest BCUT2D eigenvalue weighted by atomic mass is 9.92. The first-order valence-corrected chi connectivity index (χ1v) is 8.99. The predicted molar refractivity (Wildman–Crippen MR) is 95.3 cm³/mol. The summed E-state index contributed by atoms with van der Waals surface area (Å²) in [6.45, 7) is 4.13. The Hall–Kier alpha value is -2.15. The van der Waals surface area contributed by atoms with Crippen LogP contribution in [0.4, 0.5) is 4.79 Å². The first-order chi connectivity index (χ1) is 12.1. The second-order valence-corrected chi connectivity index (χ2v) is 6.99. The zero-order chi connectivity index (χ0) is 17.8. The number of carbonyl (C=O) groups excluding carboxylic acids is 1. The molecule has 3 atom stereocenters. The van der Waals surface area contributed by atoms with Gasteiger partial charge in [0, 0.05) is 13.3 Å². The number of aromatic nitrogens is 3. The lowest BCUT2D eigenvalue weighted by molar-refractivity contribution is 0.0449. The normalized spacial score (nSPS) is 22.1. The van der Waals surface area contributed by atoms with E-state index < -0.39 is 0 Å². The summed E-state index contributed by atoms with van der Waals surface area (Å²) in [5.41, 5.74) is 0.775. The standard InChI is InChI=1S/C18H27N5O2/c1-12(2)16(17-22-21-15-10-6-7-11-23(15)17)20-18(24)19-13-8-4-5-9-14(13)25-3/h6-7,10-14,16H,4-5,8-9H2,1-3H3,(H2,19,20,24)/t13-,14+,16-/m0/s1. The molecule has 2 amide bonds. The van der Waals surface area contributed by atoms with Crippen LogP contribution in [-0.4, -0.2) is 39.9 Å². The lowest BCUT2D eigenvalue weighted by Gasteiger charge is -2.32. The number of fused-ring (bicyclic) bond motifs is 1. The fourth-order valence-corrected chi connectivity index (χ4v) is 3.50. The predicted octanol–water partition coefficient (Wildman–Crippen LogP) is 2.68. The Morgan fingerprint density at radius 2 is 2.08 bits per heavy atom.